The average molecular weight is 510 g/mol. The standard InChI is InChI=1S/C28H29F2N3O4/c1-17-3-4-21(32-26(35)18-5-7-31-23(11-18)27(2,29)30)14-22(17)19-12-24(33-25(13-19)37-10-8-34)28-6-9-36-16-20(28)15-28/h3-5,7,11-14,20,34H,6,8-10,15-16H2,1-2H3,(H,32,35). The van der Waals surface area contributed by atoms with Crippen LogP contribution in [0.3, 0.4) is 0 Å². The van der Waals surface area contributed by atoms with Crippen molar-refractivity contribution in [2.24, 2.45) is 5.92 Å². The van der Waals surface area contributed by atoms with Crippen LogP contribution < -0.4 is 10.1 Å². The summed E-state index contributed by atoms with van der Waals surface area (Å²) < 4.78 is 38.7. The second kappa shape index (κ2) is 9.79. The molecule has 2 atom stereocenters. The van der Waals surface area contributed by atoms with Crippen molar-refractivity contribution in [2.75, 3.05) is 31.7 Å². The molecule has 1 aromatic carbocycles. The van der Waals surface area contributed by atoms with Gasteiger partial charge in [0.1, 0.15) is 12.3 Å². The van der Waals surface area contributed by atoms with Crippen molar-refractivity contribution in [3.05, 3.63) is 71.2 Å². The maximum absolute atomic E-state index is 13.7. The number of hydrogen-bond donors (Lipinski definition) is 2. The van der Waals surface area contributed by atoms with E-state index in [1.54, 1.807) is 6.07 Å². The van der Waals surface area contributed by atoms with Crippen LogP contribution in [0.25, 0.3) is 11.1 Å². The van der Waals surface area contributed by atoms with Crippen molar-refractivity contribution in [3.63, 3.8) is 0 Å². The number of carbonyl (C=O) groups excluding carboxylic acids is 1. The number of amides is 1. The molecule has 5 rings (SSSR count). The Labute approximate surface area is 213 Å². The minimum atomic E-state index is -3.15. The molecule has 3 heterocycles. The number of nitrogens with zero attached hydrogens (tertiary/aromatic N) is 2. The third-order valence-electron chi connectivity index (χ3n) is 7.18. The molecule has 1 aliphatic carbocycles. The molecule has 2 unspecified atom stereocenters. The lowest BCUT2D eigenvalue weighted by atomic mass is 9.90. The number of ether oxygens (including phenoxy) is 2. The highest BCUT2D eigenvalue weighted by Gasteiger charge is 2.57. The van der Waals surface area contributed by atoms with Gasteiger partial charge < -0.3 is 19.9 Å². The molecule has 2 N–H and O–H groups in total. The number of alkyl halides is 2. The Balaban J connectivity index is 1.46. The van der Waals surface area contributed by atoms with Gasteiger partial charge in [-0.2, -0.15) is 8.78 Å². The van der Waals surface area contributed by atoms with E-state index >= 15 is 0 Å². The first-order valence-corrected chi connectivity index (χ1v) is 12.3. The van der Waals surface area contributed by atoms with Crippen LogP contribution in [0.5, 0.6) is 5.88 Å². The fourth-order valence-corrected chi connectivity index (χ4v) is 4.99. The Bertz CT molecular complexity index is 1330. The summed E-state index contributed by atoms with van der Waals surface area (Å²) in [4.78, 5) is 21.3. The highest BCUT2D eigenvalue weighted by molar-refractivity contribution is 6.04. The predicted octanol–water partition coefficient (Wildman–Crippen LogP) is 4.87. The number of hydrogen-bond acceptors (Lipinski definition) is 6. The summed E-state index contributed by atoms with van der Waals surface area (Å²) >= 11 is 0. The van der Waals surface area contributed by atoms with Gasteiger partial charge in [0.05, 0.1) is 18.9 Å². The van der Waals surface area contributed by atoms with E-state index in [0.29, 0.717) is 24.1 Å². The lowest BCUT2D eigenvalue weighted by Crippen LogP contribution is -2.23. The quantitative estimate of drug-likeness (QED) is 0.450. The number of benzene rings is 1. The fourth-order valence-electron chi connectivity index (χ4n) is 4.99. The molecule has 9 heteroatoms. The second-order valence-corrected chi connectivity index (χ2v) is 9.84. The number of aryl methyl sites for hydroxylation is 1. The first-order chi connectivity index (χ1) is 17.7. The summed E-state index contributed by atoms with van der Waals surface area (Å²) in [7, 11) is 0. The third kappa shape index (κ3) is 5.19. The number of pyridine rings is 2. The number of rotatable bonds is 8. The van der Waals surface area contributed by atoms with Crippen molar-refractivity contribution in [1.82, 2.24) is 9.97 Å². The highest BCUT2D eigenvalue weighted by Crippen LogP contribution is 2.58. The average Bonchev–Trinajstić information content (AvgIpc) is 3.64. The zero-order chi connectivity index (χ0) is 26.2. The van der Waals surface area contributed by atoms with Crippen molar-refractivity contribution in [1.29, 1.82) is 0 Å². The number of anilines is 1. The molecule has 2 fully saturated rings. The minimum absolute atomic E-state index is 0.0221. The molecule has 1 aliphatic heterocycles. The number of halogens is 2. The lowest BCUT2D eigenvalue weighted by molar-refractivity contribution is 0.0127. The van der Waals surface area contributed by atoms with E-state index in [0.717, 1.165) is 54.8 Å². The second-order valence-electron chi connectivity index (χ2n) is 9.84. The molecule has 2 aromatic heterocycles. The fraction of sp³-hybridized carbons (Fsp3) is 0.393. The van der Waals surface area contributed by atoms with E-state index in [1.165, 1.54) is 12.3 Å². The van der Waals surface area contributed by atoms with Crippen LogP contribution in [-0.2, 0) is 16.1 Å². The van der Waals surface area contributed by atoms with Crippen LogP contribution in [0.15, 0.2) is 48.7 Å². The van der Waals surface area contributed by atoms with Gasteiger partial charge in [0.15, 0.2) is 0 Å². The zero-order valence-electron chi connectivity index (χ0n) is 20.8. The molecular weight excluding hydrogens is 480 g/mol. The number of aromatic nitrogens is 2. The summed E-state index contributed by atoms with van der Waals surface area (Å²) in [6.45, 7) is 4.14. The third-order valence-corrected chi connectivity index (χ3v) is 7.18. The number of fused-ring (bicyclic) bond motifs is 1. The van der Waals surface area contributed by atoms with Gasteiger partial charge in [-0.25, -0.2) is 4.98 Å². The van der Waals surface area contributed by atoms with Gasteiger partial charge in [0.2, 0.25) is 5.88 Å². The zero-order valence-corrected chi connectivity index (χ0v) is 20.8. The summed E-state index contributed by atoms with van der Waals surface area (Å²) in [5.74, 6) is -2.78. The summed E-state index contributed by atoms with van der Waals surface area (Å²) in [6, 6.07) is 11.9. The largest absolute Gasteiger partial charge is 0.475 e. The molecule has 194 valence electrons. The molecule has 1 saturated carbocycles. The van der Waals surface area contributed by atoms with Crippen molar-refractivity contribution in [3.8, 4) is 17.0 Å². The van der Waals surface area contributed by atoms with E-state index in [4.69, 9.17) is 14.5 Å². The lowest BCUT2D eigenvalue weighted by Gasteiger charge is -2.23. The molecule has 1 amide bonds. The van der Waals surface area contributed by atoms with Crippen LogP contribution in [0.2, 0.25) is 0 Å². The Morgan fingerprint density at radius 1 is 1.27 bits per heavy atom. The summed E-state index contributed by atoms with van der Waals surface area (Å²) in [6.07, 6.45) is 3.12. The van der Waals surface area contributed by atoms with E-state index in [1.807, 2.05) is 25.1 Å². The van der Waals surface area contributed by atoms with E-state index in [9.17, 15) is 18.7 Å². The van der Waals surface area contributed by atoms with Crippen molar-refractivity contribution < 1.29 is 28.2 Å². The van der Waals surface area contributed by atoms with Crippen LogP contribution in [-0.4, -0.2) is 47.4 Å². The number of aliphatic hydroxyl groups excluding tert-OH is 1. The molecule has 0 bridgehead atoms. The molecule has 7 nitrogen and oxygen atoms in total. The van der Waals surface area contributed by atoms with Gasteiger partial charge in [-0.15, -0.1) is 0 Å². The molecule has 37 heavy (non-hydrogen) atoms. The van der Waals surface area contributed by atoms with Gasteiger partial charge in [0, 0.05) is 42.5 Å². The molecule has 0 radical (unpaired) electrons. The van der Waals surface area contributed by atoms with Crippen molar-refractivity contribution >= 4 is 11.6 Å². The first-order valence-electron chi connectivity index (χ1n) is 12.3. The monoisotopic (exact) mass is 509 g/mol. The molecular formula is C28H29F2N3O4. The normalized spacial score (nSPS) is 20.7. The van der Waals surface area contributed by atoms with Crippen molar-refractivity contribution in [2.45, 2.75) is 38.0 Å². The smallest absolute Gasteiger partial charge is 0.286 e. The number of aliphatic hydroxyl groups is 1. The van der Waals surface area contributed by atoms with Crippen LogP contribution >= 0.6 is 0 Å². The molecule has 2 aliphatic rings. The van der Waals surface area contributed by atoms with Crippen LogP contribution in [0.1, 0.15) is 47.1 Å². The van der Waals surface area contributed by atoms with E-state index in [2.05, 4.69) is 16.4 Å². The maximum atomic E-state index is 13.7. The molecule has 1 saturated heterocycles. The Kier molecular flexibility index (Phi) is 6.68. The Morgan fingerprint density at radius 2 is 2.11 bits per heavy atom. The van der Waals surface area contributed by atoms with Gasteiger partial charge >= 0.3 is 0 Å². The number of carbonyl (C=O) groups is 1. The SMILES string of the molecule is Cc1ccc(NC(=O)c2ccnc(C(C)(F)F)c2)cc1-c1cc(OCCO)nc(C23CCOCC2C3)c1. The van der Waals surface area contributed by atoms with Gasteiger partial charge in [-0.05, 0) is 72.7 Å². The van der Waals surface area contributed by atoms with Gasteiger partial charge in [-0.3, -0.25) is 9.78 Å². The summed E-state index contributed by atoms with van der Waals surface area (Å²) in [5.41, 5.74) is 3.83. The molecule has 0 spiro atoms. The van der Waals surface area contributed by atoms with E-state index in [-0.39, 0.29) is 24.2 Å². The molecule has 3 aromatic rings. The predicted molar refractivity (Wildman–Crippen MR) is 134 cm³/mol. The van der Waals surface area contributed by atoms with E-state index < -0.39 is 17.5 Å². The minimum Gasteiger partial charge on any atom is -0.475 e. The van der Waals surface area contributed by atoms with Gasteiger partial charge in [-0.1, -0.05) is 6.07 Å². The summed E-state index contributed by atoms with van der Waals surface area (Å²) in [5, 5.41) is 12.1. The van der Waals surface area contributed by atoms with Crippen LogP contribution in [0.4, 0.5) is 14.5 Å². The highest BCUT2D eigenvalue weighted by atomic mass is 19.3. The first kappa shape index (κ1) is 25.2. The van der Waals surface area contributed by atoms with Gasteiger partial charge in [0.25, 0.3) is 11.8 Å². The Hall–Kier alpha value is -3.43. The Morgan fingerprint density at radius 3 is 2.86 bits per heavy atom. The number of nitrogens with one attached hydrogen (secondary N) is 1. The topological polar surface area (TPSA) is 93.6 Å². The van der Waals surface area contributed by atoms with Crippen LogP contribution in [0, 0.1) is 12.8 Å². The maximum Gasteiger partial charge on any atom is 0.286 e.